The van der Waals surface area contributed by atoms with Crippen LogP contribution in [0.25, 0.3) is 0 Å². The molecule has 0 aromatic heterocycles. The van der Waals surface area contributed by atoms with Gasteiger partial charge in [-0.05, 0) is 35.9 Å². The molecular formula is C24H20ClN3O5. The van der Waals surface area contributed by atoms with Crippen LogP contribution in [0.5, 0.6) is 11.5 Å². The molecule has 0 saturated carbocycles. The molecule has 0 spiro atoms. The van der Waals surface area contributed by atoms with E-state index in [4.69, 9.17) is 21.1 Å². The average Bonchev–Trinajstić information content (AvgIpc) is 3.31. The molecule has 33 heavy (non-hydrogen) atoms. The third kappa shape index (κ3) is 5.42. The van der Waals surface area contributed by atoms with Crippen LogP contribution in [0.15, 0.2) is 72.8 Å². The lowest BCUT2D eigenvalue weighted by Crippen LogP contribution is -2.43. The fourth-order valence-electron chi connectivity index (χ4n) is 3.29. The van der Waals surface area contributed by atoms with Crippen molar-refractivity contribution >= 4 is 29.3 Å². The molecule has 3 N–H and O–H groups in total. The summed E-state index contributed by atoms with van der Waals surface area (Å²) < 4.78 is 10.5. The molecule has 4 rings (SSSR count). The number of carbonyl (C=O) groups excluding carboxylic acids is 3. The lowest BCUT2D eigenvalue weighted by Gasteiger charge is -2.19. The minimum Gasteiger partial charge on any atom is -0.454 e. The second-order valence-corrected chi connectivity index (χ2v) is 7.60. The molecule has 0 bridgehead atoms. The number of benzene rings is 3. The Morgan fingerprint density at radius 1 is 0.848 bits per heavy atom. The molecule has 1 unspecified atom stereocenters. The van der Waals surface area contributed by atoms with Gasteiger partial charge in [-0.25, -0.2) is 0 Å². The van der Waals surface area contributed by atoms with Gasteiger partial charge in [0.25, 0.3) is 11.8 Å². The molecule has 1 atom stereocenters. The van der Waals surface area contributed by atoms with Gasteiger partial charge in [-0.3, -0.25) is 25.2 Å². The normalized spacial score (nSPS) is 12.5. The first-order valence-electron chi connectivity index (χ1n) is 10.1. The Bertz CT molecular complexity index is 1190. The van der Waals surface area contributed by atoms with E-state index in [9.17, 15) is 14.4 Å². The van der Waals surface area contributed by atoms with Crippen LogP contribution < -0.4 is 25.6 Å². The van der Waals surface area contributed by atoms with Crippen LogP contribution in [-0.4, -0.2) is 24.5 Å². The van der Waals surface area contributed by atoms with E-state index in [1.54, 1.807) is 48.5 Å². The lowest BCUT2D eigenvalue weighted by atomic mass is 10.0. The maximum Gasteiger partial charge on any atom is 0.269 e. The molecule has 0 aliphatic carbocycles. The number of fused-ring (bicyclic) bond motifs is 1. The fourth-order valence-corrected chi connectivity index (χ4v) is 3.51. The molecule has 1 heterocycles. The largest absolute Gasteiger partial charge is 0.454 e. The monoisotopic (exact) mass is 465 g/mol. The Kier molecular flexibility index (Phi) is 6.75. The summed E-state index contributed by atoms with van der Waals surface area (Å²) >= 11 is 6.13. The smallest absolute Gasteiger partial charge is 0.269 e. The molecule has 9 heteroatoms. The first-order valence-corrected chi connectivity index (χ1v) is 10.5. The molecular weight excluding hydrogens is 446 g/mol. The minimum atomic E-state index is -0.641. The highest BCUT2D eigenvalue weighted by atomic mass is 35.5. The Hall–Kier alpha value is -4.04. The van der Waals surface area contributed by atoms with Gasteiger partial charge < -0.3 is 14.8 Å². The Morgan fingerprint density at radius 2 is 1.58 bits per heavy atom. The van der Waals surface area contributed by atoms with Crippen molar-refractivity contribution in [2.75, 3.05) is 6.79 Å². The van der Waals surface area contributed by atoms with Crippen LogP contribution in [0.2, 0.25) is 5.02 Å². The number of hydrogen-bond acceptors (Lipinski definition) is 5. The first-order chi connectivity index (χ1) is 16.0. The molecule has 3 aromatic carbocycles. The SMILES string of the molecule is O=C(CC(NC(=O)c1ccccc1Cl)c1ccccc1)NNC(=O)c1ccc2c(c1)OCO2. The van der Waals surface area contributed by atoms with Gasteiger partial charge in [-0.15, -0.1) is 0 Å². The molecule has 8 nitrogen and oxygen atoms in total. The van der Waals surface area contributed by atoms with Crippen LogP contribution >= 0.6 is 11.6 Å². The van der Waals surface area contributed by atoms with Crippen LogP contribution in [0.3, 0.4) is 0 Å². The molecule has 3 aromatic rings. The number of halogens is 1. The number of ether oxygens (including phenoxy) is 2. The number of amides is 3. The van der Waals surface area contributed by atoms with E-state index in [1.807, 2.05) is 18.2 Å². The van der Waals surface area contributed by atoms with Crippen molar-refractivity contribution < 1.29 is 23.9 Å². The van der Waals surface area contributed by atoms with Crippen molar-refractivity contribution in [3.05, 3.63) is 94.5 Å². The van der Waals surface area contributed by atoms with Crippen LogP contribution in [0, 0.1) is 0 Å². The van der Waals surface area contributed by atoms with Gasteiger partial charge in [0.1, 0.15) is 0 Å². The van der Waals surface area contributed by atoms with Crippen molar-refractivity contribution in [1.82, 2.24) is 16.2 Å². The van der Waals surface area contributed by atoms with Gasteiger partial charge >= 0.3 is 0 Å². The Morgan fingerprint density at radius 3 is 2.36 bits per heavy atom. The summed E-state index contributed by atoms with van der Waals surface area (Å²) in [5, 5.41) is 3.15. The average molecular weight is 466 g/mol. The van der Waals surface area contributed by atoms with Gasteiger partial charge in [0, 0.05) is 5.56 Å². The van der Waals surface area contributed by atoms with Crippen LogP contribution in [-0.2, 0) is 4.79 Å². The van der Waals surface area contributed by atoms with Gasteiger partial charge in [-0.2, -0.15) is 0 Å². The summed E-state index contributed by atoms with van der Waals surface area (Å²) in [7, 11) is 0. The van der Waals surface area contributed by atoms with Crippen molar-refractivity contribution in [1.29, 1.82) is 0 Å². The summed E-state index contributed by atoms with van der Waals surface area (Å²) in [6.07, 6.45) is -0.109. The molecule has 3 amide bonds. The maximum atomic E-state index is 12.8. The van der Waals surface area contributed by atoms with E-state index >= 15 is 0 Å². The van der Waals surface area contributed by atoms with Crippen molar-refractivity contribution in [3.63, 3.8) is 0 Å². The van der Waals surface area contributed by atoms with Crippen molar-refractivity contribution in [2.45, 2.75) is 12.5 Å². The lowest BCUT2D eigenvalue weighted by molar-refractivity contribution is -0.122. The van der Waals surface area contributed by atoms with E-state index in [0.717, 1.165) is 5.56 Å². The molecule has 0 fully saturated rings. The van der Waals surface area contributed by atoms with E-state index in [1.165, 1.54) is 6.07 Å². The summed E-state index contributed by atoms with van der Waals surface area (Å²) in [6, 6.07) is 19.8. The predicted molar refractivity (Wildman–Crippen MR) is 121 cm³/mol. The van der Waals surface area contributed by atoms with Crippen LogP contribution in [0.4, 0.5) is 0 Å². The van der Waals surface area contributed by atoms with E-state index in [-0.39, 0.29) is 13.2 Å². The number of carbonyl (C=O) groups is 3. The molecule has 0 saturated heterocycles. The van der Waals surface area contributed by atoms with Crippen molar-refractivity contribution in [3.8, 4) is 11.5 Å². The van der Waals surface area contributed by atoms with Gasteiger partial charge in [0.15, 0.2) is 11.5 Å². The third-order valence-electron chi connectivity index (χ3n) is 4.97. The highest BCUT2D eigenvalue weighted by Gasteiger charge is 2.21. The second kappa shape index (κ2) is 10.1. The van der Waals surface area contributed by atoms with Crippen LogP contribution in [0.1, 0.15) is 38.7 Å². The molecule has 0 radical (unpaired) electrons. The highest BCUT2D eigenvalue weighted by molar-refractivity contribution is 6.33. The Labute approximate surface area is 194 Å². The van der Waals surface area contributed by atoms with Gasteiger partial charge in [0.05, 0.1) is 23.0 Å². The van der Waals surface area contributed by atoms with E-state index < -0.39 is 23.8 Å². The summed E-state index contributed by atoms with van der Waals surface area (Å²) in [5.41, 5.74) is 6.09. The number of rotatable bonds is 6. The Balaban J connectivity index is 1.40. The third-order valence-corrected chi connectivity index (χ3v) is 5.30. The summed E-state index contributed by atoms with van der Waals surface area (Å²) in [4.78, 5) is 37.7. The standard InChI is InChI=1S/C24H20ClN3O5/c25-18-9-5-4-8-17(18)24(31)26-19(15-6-2-1-3-7-15)13-22(29)27-28-23(30)16-10-11-20-21(12-16)33-14-32-20/h1-12,19H,13-14H2,(H,26,31)(H,27,29)(H,28,30). The minimum absolute atomic E-state index is 0.0952. The zero-order valence-corrected chi connectivity index (χ0v) is 18.1. The van der Waals surface area contributed by atoms with E-state index in [0.29, 0.717) is 27.6 Å². The highest BCUT2D eigenvalue weighted by Crippen LogP contribution is 2.32. The maximum absolute atomic E-state index is 12.8. The first kappa shape index (κ1) is 22.2. The molecule has 1 aliphatic heterocycles. The summed E-state index contributed by atoms with van der Waals surface area (Å²) in [6.45, 7) is 0.0952. The summed E-state index contributed by atoms with van der Waals surface area (Å²) in [5.74, 6) is -0.405. The van der Waals surface area contributed by atoms with Gasteiger partial charge in [0.2, 0.25) is 12.7 Å². The number of nitrogens with one attached hydrogen (secondary N) is 3. The zero-order valence-electron chi connectivity index (χ0n) is 17.3. The number of hydrogen-bond donors (Lipinski definition) is 3. The fraction of sp³-hybridized carbons (Fsp3) is 0.125. The van der Waals surface area contributed by atoms with E-state index in [2.05, 4.69) is 16.2 Å². The molecule has 1 aliphatic rings. The number of hydrazine groups is 1. The molecule has 168 valence electrons. The predicted octanol–water partition coefficient (Wildman–Crippen LogP) is 3.39. The second-order valence-electron chi connectivity index (χ2n) is 7.19. The zero-order chi connectivity index (χ0) is 23.2. The topological polar surface area (TPSA) is 106 Å². The quantitative estimate of drug-likeness (QED) is 0.484. The van der Waals surface area contributed by atoms with Crippen molar-refractivity contribution in [2.24, 2.45) is 0 Å². The van der Waals surface area contributed by atoms with Gasteiger partial charge in [-0.1, -0.05) is 54.1 Å².